The number of nitrogens with one attached hydrogen (secondary N) is 1. The van der Waals surface area contributed by atoms with E-state index in [4.69, 9.17) is 32.4 Å². The summed E-state index contributed by atoms with van der Waals surface area (Å²) in [5.74, 6) is -7.38. The van der Waals surface area contributed by atoms with Gasteiger partial charge in [0, 0.05) is 22.7 Å². The number of phenolic OH excluding ortho intramolecular Hbond substituents is 1. The number of phenols is 1. The molecule has 2 aliphatic heterocycles. The summed E-state index contributed by atoms with van der Waals surface area (Å²) in [7, 11) is 1.37. The molecule has 0 unspecified atom stereocenters. The molecule has 12 nitrogen and oxygen atoms in total. The maximum Gasteiger partial charge on any atom is 0.417 e. The Morgan fingerprint density at radius 1 is 0.938 bits per heavy atom. The van der Waals surface area contributed by atoms with Gasteiger partial charge in [-0.3, -0.25) is 29.5 Å². The van der Waals surface area contributed by atoms with Crippen molar-refractivity contribution < 1.29 is 46.6 Å². The predicted octanol–water partition coefficient (Wildman–Crippen LogP) is 9.72. The van der Waals surface area contributed by atoms with Gasteiger partial charge < -0.3 is 14.3 Å². The molecule has 1 saturated carbocycles. The molecule has 2 N–H and O–H groups in total. The molecule has 64 heavy (non-hydrogen) atoms. The summed E-state index contributed by atoms with van der Waals surface area (Å²) in [6, 6.07) is 24.3. The van der Waals surface area contributed by atoms with E-state index in [2.05, 4.69) is 15.4 Å². The van der Waals surface area contributed by atoms with E-state index in [0.717, 1.165) is 9.91 Å². The number of aromatic nitrogens is 2. The highest BCUT2D eigenvalue weighted by Gasteiger charge is 2.70. The number of para-hydroxylation sites is 2. The molecule has 4 heterocycles. The van der Waals surface area contributed by atoms with E-state index in [-0.39, 0.29) is 30.2 Å². The average molecular weight is 1020 g/mol. The lowest BCUT2D eigenvalue weighted by molar-refractivity contribution is -0.139. The normalized spacial score (nSPS) is 24.2. The molecular formula is C46H31Cl2F3IN5O7. The van der Waals surface area contributed by atoms with Crippen LogP contribution in [0.15, 0.2) is 113 Å². The Bertz CT molecular complexity index is 2970. The van der Waals surface area contributed by atoms with Crippen LogP contribution in [0.1, 0.15) is 35.4 Å². The van der Waals surface area contributed by atoms with E-state index in [9.17, 15) is 27.9 Å². The second-order valence-corrected chi connectivity index (χ2v) is 18.0. The maximum atomic E-state index is 15.5. The van der Waals surface area contributed by atoms with Gasteiger partial charge in [0.1, 0.15) is 5.52 Å². The largest absolute Gasteiger partial charge is 0.504 e. The highest BCUT2D eigenvalue weighted by molar-refractivity contribution is 14.1. The summed E-state index contributed by atoms with van der Waals surface area (Å²) in [4.78, 5) is 69.5. The Kier molecular flexibility index (Phi) is 10.1. The van der Waals surface area contributed by atoms with Crippen molar-refractivity contribution in [2.45, 2.75) is 30.4 Å². The number of hydrogen-bond acceptors (Lipinski definition) is 10. The van der Waals surface area contributed by atoms with Crippen LogP contribution in [0.5, 0.6) is 11.5 Å². The quantitative estimate of drug-likeness (QED) is 0.0898. The molecule has 6 aromatic rings. The van der Waals surface area contributed by atoms with Crippen LogP contribution in [0.3, 0.4) is 0 Å². The number of alkyl halides is 3. The van der Waals surface area contributed by atoms with Crippen LogP contribution < -0.4 is 15.1 Å². The third kappa shape index (κ3) is 6.38. The van der Waals surface area contributed by atoms with Crippen molar-refractivity contribution in [1.82, 2.24) is 15.0 Å². The van der Waals surface area contributed by atoms with Gasteiger partial charge in [-0.2, -0.15) is 18.2 Å². The van der Waals surface area contributed by atoms with Crippen LogP contribution in [0.4, 0.5) is 24.7 Å². The van der Waals surface area contributed by atoms with Crippen LogP contribution >= 0.6 is 45.8 Å². The summed E-state index contributed by atoms with van der Waals surface area (Å²) in [5.41, 5.74) is 3.37. The van der Waals surface area contributed by atoms with E-state index in [1.807, 2.05) is 46.9 Å². The van der Waals surface area contributed by atoms with Crippen molar-refractivity contribution in [2.24, 2.45) is 23.7 Å². The lowest BCUT2D eigenvalue weighted by atomic mass is 9.49. The average Bonchev–Trinajstić information content (AvgIpc) is 3.89. The lowest BCUT2D eigenvalue weighted by Gasteiger charge is -2.50. The Hall–Kier alpha value is -5.98. The number of hydrogen-bond donors (Lipinski definition) is 2. The number of carbonyl (C=O) groups excluding carboxylic acids is 4. The number of benzene rings is 4. The maximum absolute atomic E-state index is 15.5. The number of pyridine rings is 1. The lowest BCUT2D eigenvalue weighted by Crippen LogP contribution is -2.53. The van der Waals surface area contributed by atoms with E-state index >= 15 is 9.59 Å². The van der Waals surface area contributed by atoms with Crippen LogP contribution in [-0.2, 0) is 30.8 Å². The summed E-state index contributed by atoms with van der Waals surface area (Å²) in [5, 5.41) is 11.6. The van der Waals surface area contributed by atoms with Crippen LogP contribution in [0, 0.1) is 27.2 Å². The van der Waals surface area contributed by atoms with Gasteiger partial charge in [-0.15, -0.1) is 0 Å². The van der Waals surface area contributed by atoms with Gasteiger partial charge in [0.15, 0.2) is 22.9 Å². The number of nitrogens with zero attached hydrogens (tertiary/aromatic N) is 4. The number of rotatable bonds is 7. The number of aromatic hydroxyl groups is 1. The van der Waals surface area contributed by atoms with E-state index in [1.165, 1.54) is 7.11 Å². The summed E-state index contributed by atoms with van der Waals surface area (Å²) in [6.45, 7) is 0. The number of anilines is 2. The Morgan fingerprint density at radius 2 is 1.67 bits per heavy atom. The van der Waals surface area contributed by atoms with Crippen molar-refractivity contribution >= 4 is 92.0 Å². The second-order valence-electron chi connectivity index (χ2n) is 16.0. The molecule has 10 rings (SSSR count). The number of fused-ring (bicyclic) bond motifs is 5. The van der Waals surface area contributed by atoms with Gasteiger partial charge in [-0.25, -0.2) is 9.97 Å². The number of amides is 4. The third-order valence-corrected chi connectivity index (χ3v) is 14.2. The molecule has 2 saturated heterocycles. The van der Waals surface area contributed by atoms with Gasteiger partial charge in [-0.05, 0) is 119 Å². The van der Waals surface area contributed by atoms with Gasteiger partial charge in [-0.1, -0.05) is 59.1 Å². The first-order valence-corrected chi connectivity index (χ1v) is 21.7. The zero-order valence-corrected chi connectivity index (χ0v) is 36.7. The number of ether oxygens (including phenoxy) is 1. The predicted molar refractivity (Wildman–Crippen MR) is 236 cm³/mol. The van der Waals surface area contributed by atoms with E-state index in [0.29, 0.717) is 65.8 Å². The molecular weight excluding hydrogens is 989 g/mol. The molecule has 0 spiro atoms. The number of carbonyl (C=O) groups is 4. The van der Waals surface area contributed by atoms with Crippen LogP contribution in [0.25, 0.3) is 22.6 Å². The van der Waals surface area contributed by atoms with Gasteiger partial charge >= 0.3 is 6.18 Å². The molecule has 0 radical (unpaired) electrons. The fourth-order valence-electron chi connectivity index (χ4n) is 10.1. The summed E-state index contributed by atoms with van der Waals surface area (Å²) < 4.78 is 52.7. The number of halogens is 6. The number of hydrazine groups is 1. The summed E-state index contributed by atoms with van der Waals surface area (Å²) >= 11 is 14.6. The Balaban J connectivity index is 1.09. The Labute approximate surface area is 385 Å². The molecule has 4 aromatic carbocycles. The molecule has 324 valence electrons. The van der Waals surface area contributed by atoms with Crippen molar-refractivity contribution in [3.05, 3.63) is 139 Å². The molecule has 18 heteroatoms. The smallest absolute Gasteiger partial charge is 0.417 e. The molecule has 4 amide bonds. The number of imide groups is 2. The minimum Gasteiger partial charge on any atom is -0.504 e. The van der Waals surface area contributed by atoms with Crippen LogP contribution in [-0.4, -0.2) is 50.8 Å². The topological polar surface area (TPSA) is 155 Å². The van der Waals surface area contributed by atoms with E-state index < -0.39 is 75.4 Å². The Morgan fingerprint density at radius 3 is 2.36 bits per heavy atom. The van der Waals surface area contributed by atoms with Crippen molar-refractivity contribution in [3.63, 3.8) is 0 Å². The highest BCUT2D eigenvalue weighted by atomic mass is 127. The minimum atomic E-state index is -4.77. The number of oxazole rings is 1. The molecule has 2 aromatic heterocycles. The minimum absolute atomic E-state index is 0.0770. The van der Waals surface area contributed by atoms with E-state index in [1.54, 1.807) is 66.7 Å². The molecule has 2 aliphatic carbocycles. The number of allylic oxidation sites excluding steroid dienone is 2. The molecule has 0 bridgehead atoms. The first-order valence-electron chi connectivity index (χ1n) is 19.9. The second kappa shape index (κ2) is 15.3. The first kappa shape index (κ1) is 42.0. The van der Waals surface area contributed by atoms with Gasteiger partial charge in [0.2, 0.25) is 17.7 Å². The monoisotopic (exact) mass is 1020 g/mol. The zero-order valence-electron chi connectivity index (χ0n) is 33.1. The van der Waals surface area contributed by atoms with Crippen molar-refractivity contribution in [3.8, 4) is 23.0 Å². The fraction of sp³-hybridized carbons (Fsp3) is 0.217. The fourth-order valence-corrected chi connectivity index (χ4v) is 11.0. The number of methoxy groups -OCH3 is 1. The molecule has 3 fully saturated rings. The highest BCUT2D eigenvalue weighted by Crippen LogP contribution is 2.65. The van der Waals surface area contributed by atoms with Crippen molar-refractivity contribution in [1.29, 1.82) is 0 Å². The van der Waals surface area contributed by atoms with Crippen LogP contribution in [0.2, 0.25) is 10.0 Å². The first-order chi connectivity index (χ1) is 30.6. The van der Waals surface area contributed by atoms with Gasteiger partial charge in [0.25, 0.3) is 11.8 Å². The van der Waals surface area contributed by atoms with Crippen molar-refractivity contribution in [2.75, 3.05) is 17.4 Å². The SMILES string of the molecule is COc1cc([C@H]2C3=CC[C@@H]4C(=O)N(c5ccc(-c6nc7ccccc7o6)cc5)C(=O)[C@@H]4[C@@H]3C[C@H]3C(=O)N(Nc4ncc(C(F)(F)F)cc4Cl)C(=O)[C@@]23c2ccc(Cl)cc2)cc(I)c1O. The summed E-state index contributed by atoms with van der Waals surface area (Å²) in [6.07, 6.45) is -2.34. The molecule has 6 atom stereocenters. The van der Waals surface area contributed by atoms with Gasteiger partial charge in [0.05, 0.1) is 50.1 Å². The molecule has 4 aliphatic rings. The zero-order chi connectivity index (χ0) is 45.0. The standard InChI is InChI=1S/C46H31Cl2F3IN5O7/c1-63-35-17-22(16-32(52)38(35)58)37-27-14-15-28-36(43(61)56(41(28)59)26-12-6-21(7-13-26)40-54-33-4-2-3-5-34(33)64-40)29(27)19-30-42(60)57(44(62)45(30,37)23-8-10-25(47)11-9-23)55-39-31(48)18-24(20-53-39)46(49,50)51/h2-14,16-18,20,28-30,36-37,58H,15,19H2,1H3,(H,53,55)/t28-,29+,30-,36-,37-,45+/m0/s1. The third-order valence-electron chi connectivity index (χ3n) is 12.8.